The van der Waals surface area contributed by atoms with E-state index >= 15 is 0 Å². The van der Waals surface area contributed by atoms with Crippen LogP contribution in [0.3, 0.4) is 0 Å². The molecule has 0 saturated heterocycles. The van der Waals surface area contributed by atoms with E-state index in [1.54, 1.807) is 24.4 Å². The Morgan fingerprint density at radius 1 is 0.970 bits per heavy atom. The smallest absolute Gasteiger partial charge is 0.258 e. The quantitative estimate of drug-likeness (QED) is 0.345. The Hall–Kier alpha value is -3.78. The van der Waals surface area contributed by atoms with E-state index in [1.807, 2.05) is 54.0 Å². The fraction of sp³-hybridized carbons (Fsp3) is 0.120. The molecule has 0 aliphatic rings. The van der Waals surface area contributed by atoms with E-state index in [2.05, 4.69) is 15.2 Å². The predicted molar refractivity (Wildman–Crippen MR) is 127 cm³/mol. The SMILES string of the molecule is Cc1ccc2nc(CSc3nnc(-c4ccccc4F)n3Cc3ccccc3)cc(=O)n2c1. The topological polar surface area (TPSA) is 65.1 Å². The first-order chi connectivity index (χ1) is 16.1. The van der Waals surface area contributed by atoms with E-state index in [4.69, 9.17) is 0 Å². The van der Waals surface area contributed by atoms with Gasteiger partial charge in [-0.15, -0.1) is 10.2 Å². The second-order valence-electron chi connectivity index (χ2n) is 7.67. The monoisotopic (exact) mass is 457 g/mol. The van der Waals surface area contributed by atoms with Crippen LogP contribution in [0.15, 0.2) is 88.9 Å². The van der Waals surface area contributed by atoms with Gasteiger partial charge in [0.1, 0.15) is 11.5 Å². The Kier molecular flexibility index (Phi) is 5.75. The number of aromatic nitrogens is 5. The third kappa shape index (κ3) is 4.42. The number of rotatable bonds is 6. The van der Waals surface area contributed by atoms with Gasteiger partial charge in [-0.2, -0.15) is 0 Å². The highest BCUT2D eigenvalue weighted by molar-refractivity contribution is 7.98. The van der Waals surface area contributed by atoms with E-state index in [0.717, 1.165) is 11.1 Å². The van der Waals surface area contributed by atoms with Crippen molar-refractivity contribution < 1.29 is 4.39 Å². The summed E-state index contributed by atoms with van der Waals surface area (Å²) < 4.78 is 18.0. The third-order valence-corrected chi connectivity index (χ3v) is 6.23. The zero-order valence-electron chi connectivity index (χ0n) is 17.9. The lowest BCUT2D eigenvalue weighted by Crippen LogP contribution is -2.15. The Bertz CT molecular complexity index is 1500. The Labute approximate surface area is 193 Å². The number of nitrogens with zero attached hydrogens (tertiary/aromatic N) is 5. The van der Waals surface area contributed by atoms with Crippen molar-refractivity contribution in [2.45, 2.75) is 24.4 Å². The van der Waals surface area contributed by atoms with E-state index in [9.17, 15) is 9.18 Å². The van der Waals surface area contributed by atoms with Gasteiger partial charge < -0.3 is 0 Å². The molecule has 3 aromatic heterocycles. The van der Waals surface area contributed by atoms with Crippen LogP contribution in [-0.4, -0.2) is 24.1 Å². The highest BCUT2D eigenvalue weighted by Gasteiger charge is 2.18. The van der Waals surface area contributed by atoms with Gasteiger partial charge in [0.05, 0.1) is 17.8 Å². The molecule has 2 aromatic carbocycles. The molecule has 0 bridgehead atoms. The summed E-state index contributed by atoms with van der Waals surface area (Å²) in [6, 6.07) is 21.7. The van der Waals surface area contributed by atoms with Crippen molar-refractivity contribution in [1.29, 1.82) is 0 Å². The summed E-state index contributed by atoms with van der Waals surface area (Å²) in [5, 5.41) is 9.27. The number of hydrogen-bond acceptors (Lipinski definition) is 5. The molecule has 0 radical (unpaired) electrons. The van der Waals surface area contributed by atoms with Crippen LogP contribution in [-0.2, 0) is 12.3 Å². The van der Waals surface area contributed by atoms with Crippen LogP contribution in [0.25, 0.3) is 17.0 Å². The molecular weight excluding hydrogens is 437 g/mol. The summed E-state index contributed by atoms with van der Waals surface area (Å²) >= 11 is 1.42. The van der Waals surface area contributed by atoms with Crippen molar-refractivity contribution in [3.05, 3.63) is 112 Å². The van der Waals surface area contributed by atoms with Crippen molar-refractivity contribution in [2.75, 3.05) is 0 Å². The number of benzene rings is 2. The fourth-order valence-corrected chi connectivity index (χ4v) is 4.45. The number of pyridine rings is 1. The van der Waals surface area contributed by atoms with Gasteiger partial charge in [-0.25, -0.2) is 9.37 Å². The molecule has 5 aromatic rings. The summed E-state index contributed by atoms with van der Waals surface area (Å²) in [6.07, 6.45) is 1.78. The summed E-state index contributed by atoms with van der Waals surface area (Å²) in [5.74, 6) is 0.542. The first-order valence-corrected chi connectivity index (χ1v) is 11.4. The number of hydrogen-bond donors (Lipinski definition) is 0. The largest absolute Gasteiger partial charge is 0.297 e. The molecule has 0 saturated carbocycles. The summed E-state index contributed by atoms with van der Waals surface area (Å²) in [6.45, 7) is 2.43. The van der Waals surface area contributed by atoms with Crippen molar-refractivity contribution in [2.24, 2.45) is 0 Å². The maximum Gasteiger partial charge on any atom is 0.258 e. The van der Waals surface area contributed by atoms with E-state index < -0.39 is 0 Å². The zero-order chi connectivity index (χ0) is 22.8. The van der Waals surface area contributed by atoms with E-state index in [0.29, 0.717) is 40.2 Å². The van der Waals surface area contributed by atoms with Crippen molar-refractivity contribution >= 4 is 17.4 Å². The van der Waals surface area contributed by atoms with Crippen LogP contribution >= 0.6 is 11.8 Å². The molecular formula is C25H20FN5OS. The van der Waals surface area contributed by atoms with Crippen molar-refractivity contribution in [1.82, 2.24) is 24.1 Å². The highest BCUT2D eigenvalue weighted by Crippen LogP contribution is 2.28. The molecule has 6 nitrogen and oxygen atoms in total. The van der Waals surface area contributed by atoms with Crippen LogP contribution in [0.2, 0.25) is 0 Å². The maximum atomic E-state index is 14.5. The van der Waals surface area contributed by atoms with Gasteiger partial charge in [-0.05, 0) is 36.2 Å². The number of halogens is 1. The zero-order valence-corrected chi connectivity index (χ0v) is 18.7. The van der Waals surface area contributed by atoms with Crippen LogP contribution in [0, 0.1) is 12.7 Å². The average molecular weight is 458 g/mol. The number of aryl methyl sites for hydroxylation is 1. The average Bonchev–Trinajstić information content (AvgIpc) is 3.21. The van der Waals surface area contributed by atoms with Gasteiger partial charge in [0.15, 0.2) is 11.0 Å². The number of thioether (sulfide) groups is 1. The molecule has 0 fully saturated rings. The minimum Gasteiger partial charge on any atom is -0.297 e. The second-order valence-corrected chi connectivity index (χ2v) is 8.61. The molecule has 0 unspecified atom stereocenters. The normalized spacial score (nSPS) is 11.2. The summed E-state index contributed by atoms with van der Waals surface area (Å²) in [7, 11) is 0. The number of fused-ring (bicyclic) bond motifs is 1. The molecule has 0 aliphatic carbocycles. The Balaban J connectivity index is 1.49. The molecule has 164 valence electrons. The molecule has 0 amide bonds. The first kappa shape index (κ1) is 21.1. The van der Waals surface area contributed by atoms with Gasteiger partial charge in [0, 0.05) is 18.0 Å². The van der Waals surface area contributed by atoms with E-state index in [1.165, 1.54) is 28.3 Å². The fourth-order valence-electron chi connectivity index (χ4n) is 3.62. The Morgan fingerprint density at radius 2 is 1.76 bits per heavy atom. The summed E-state index contributed by atoms with van der Waals surface area (Å²) in [4.78, 5) is 17.1. The standard InChI is InChI=1S/C25H20FN5OS/c1-17-11-12-22-27-19(13-23(32)30(22)14-17)16-33-25-29-28-24(20-9-5-6-10-21(20)26)31(25)15-18-7-3-2-4-8-18/h2-14H,15-16H2,1H3. The molecule has 0 atom stereocenters. The van der Waals surface area contributed by atoms with Gasteiger partial charge in [-0.3, -0.25) is 13.8 Å². The second kappa shape index (κ2) is 8.99. The van der Waals surface area contributed by atoms with Crippen LogP contribution in [0.5, 0.6) is 0 Å². The van der Waals surface area contributed by atoms with Crippen molar-refractivity contribution in [3.8, 4) is 11.4 Å². The van der Waals surface area contributed by atoms with Gasteiger partial charge in [0.2, 0.25) is 0 Å². The Morgan fingerprint density at radius 3 is 2.58 bits per heavy atom. The van der Waals surface area contributed by atoms with Crippen LogP contribution in [0.1, 0.15) is 16.8 Å². The third-order valence-electron chi connectivity index (χ3n) is 5.22. The van der Waals surface area contributed by atoms with Gasteiger partial charge in [-0.1, -0.05) is 60.3 Å². The lowest BCUT2D eigenvalue weighted by Gasteiger charge is -2.11. The highest BCUT2D eigenvalue weighted by atomic mass is 32.2. The minimum atomic E-state index is -0.352. The lowest BCUT2D eigenvalue weighted by molar-refractivity contribution is 0.626. The minimum absolute atomic E-state index is 0.128. The van der Waals surface area contributed by atoms with Crippen molar-refractivity contribution in [3.63, 3.8) is 0 Å². The molecule has 0 N–H and O–H groups in total. The lowest BCUT2D eigenvalue weighted by atomic mass is 10.2. The molecule has 0 spiro atoms. The van der Waals surface area contributed by atoms with Crippen LogP contribution in [0.4, 0.5) is 4.39 Å². The molecule has 5 rings (SSSR count). The molecule has 0 aliphatic heterocycles. The van der Waals surface area contributed by atoms with Gasteiger partial charge >= 0.3 is 0 Å². The van der Waals surface area contributed by atoms with Gasteiger partial charge in [0.25, 0.3) is 5.56 Å². The molecule has 3 heterocycles. The van der Waals surface area contributed by atoms with Crippen LogP contribution < -0.4 is 5.56 Å². The maximum absolute atomic E-state index is 14.5. The predicted octanol–water partition coefficient (Wildman–Crippen LogP) is 4.74. The first-order valence-electron chi connectivity index (χ1n) is 10.4. The molecule has 33 heavy (non-hydrogen) atoms. The van der Waals surface area contributed by atoms with E-state index in [-0.39, 0.29) is 11.4 Å². The summed E-state index contributed by atoms with van der Waals surface area (Å²) in [5.41, 5.74) is 3.55. The molecule has 8 heteroatoms.